The number of anilines is 2. The number of non-ortho nitro benzene ring substituents is 1. The molecule has 0 atom stereocenters. The van der Waals surface area contributed by atoms with Crippen LogP contribution in [-0.2, 0) is 11.2 Å². The van der Waals surface area contributed by atoms with E-state index in [0.717, 1.165) is 12.8 Å². The summed E-state index contributed by atoms with van der Waals surface area (Å²) in [6.07, 6.45) is 2.97. The summed E-state index contributed by atoms with van der Waals surface area (Å²) in [7, 11) is 0. The Morgan fingerprint density at radius 1 is 1.13 bits per heavy atom. The van der Waals surface area contributed by atoms with Gasteiger partial charge >= 0.3 is 5.69 Å². The van der Waals surface area contributed by atoms with Crippen LogP contribution >= 0.6 is 0 Å². The predicted molar refractivity (Wildman–Crippen MR) is 108 cm³/mol. The molecule has 30 heavy (non-hydrogen) atoms. The standard InChI is InChI=1S/C18H21N7O5/c1-12-6-8-23(9-7-12)18-16(25(29)30)17(19-11-20-18)22-21-15(26)10-13-2-4-14(5-3-13)24(27)28/h2-5,11-12H,6-10H2,1H3,(H,21,26)(H,19,20,22). The fraction of sp³-hybridized carbons (Fsp3) is 0.389. The normalized spacial score (nSPS) is 14.2. The first-order valence-corrected chi connectivity index (χ1v) is 9.37. The van der Waals surface area contributed by atoms with Crippen LogP contribution in [0.15, 0.2) is 30.6 Å². The molecule has 1 aliphatic heterocycles. The molecular formula is C18H21N7O5. The van der Waals surface area contributed by atoms with Gasteiger partial charge in [0.25, 0.3) is 5.69 Å². The van der Waals surface area contributed by atoms with E-state index in [-0.39, 0.29) is 29.4 Å². The van der Waals surface area contributed by atoms with Crippen molar-refractivity contribution in [2.45, 2.75) is 26.2 Å². The first kappa shape index (κ1) is 20.9. The molecule has 0 saturated carbocycles. The number of carbonyl (C=O) groups is 1. The zero-order valence-electron chi connectivity index (χ0n) is 16.3. The molecule has 0 unspecified atom stereocenters. The third kappa shape index (κ3) is 4.96. The van der Waals surface area contributed by atoms with Crippen LogP contribution in [0, 0.1) is 26.1 Å². The van der Waals surface area contributed by atoms with Crippen LogP contribution in [0.4, 0.5) is 23.0 Å². The summed E-state index contributed by atoms with van der Waals surface area (Å²) in [6, 6.07) is 5.55. The van der Waals surface area contributed by atoms with Crippen LogP contribution in [0.5, 0.6) is 0 Å². The summed E-state index contributed by atoms with van der Waals surface area (Å²) >= 11 is 0. The minimum Gasteiger partial charge on any atom is -0.351 e. The number of hydrazine groups is 1. The number of aromatic nitrogens is 2. The van der Waals surface area contributed by atoms with Crippen LogP contribution < -0.4 is 15.8 Å². The molecule has 1 aliphatic rings. The van der Waals surface area contributed by atoms with Gasteiger partial charge in [0.1, 0.15) is 6.33 Å². The van der Waals surface area contributed by atoms with Crippen LogP contribution in [-0.4, -0.2) is 38.8 Å². The summed E-state index contributed by atoms with van der Waals surface area (Å²) in [5, 5.41) is 22.3. The average molecular weight is 415 g/mol. The lowest BCUT2D eigenvalue weighted by Gasteiger charge is -2.30. The number of carbonyl (C=O) groups excluding carboxylic acids is 1. The van der Waals surface area contributed by atoms with E-state index in [4.69, 9.17) is 0 Å². The lowest BCUT2D eigenvalue weighted by molar-refractivity contribution is -0.384. The maximum absolute atomic E-state index is 12.2. The molecule has 2 aromatic rings. The minimum atomic E-state index is -0.571. The lowest BCUT2D eigenvalue weighted by Crippen LogP contribution is -2.35. The second-order valence-corrected chi connectivity index (χ2v) is 7.09. The number of nitro groups is 2. The van der Waals surface area contributed by atoms with Crippen molar-refractivity contribution in [3.8, 4) is 0 Å². The average Bonchev–Trinajstić information content (AvgIpc) is 2.72. The van der Waals surface area contributed by atoms with E-state index in [2.05, 4.69) is 27.7 Å². The summed E-state index contributed by atoms with van der Waals surface area (Å²) in [5.41, 5.74) is 5.06. The number of nitrogens with one attached hydrogen (secondary N) is 2. The van der Waals surface area contributed by atoms with E-state index < -0.39 is 15.8 Å². The first-order valence-electron chi connectivity index (χ1n) is 9.37. The van der Waals surface area contributed by atoms with E-state index in [0.29, 0.717) is 24.6 Å². The molecule has 1 aromatic carbocycles. The van der Waals surface area contributed by atoms with Crippen LogP contribution in [0.3, 0.4) is 0 Å². The monoisotopic (exact) mass is 415 g/mol. The minimum absolute atomic E-state index is 0.0687. The number of hydrogen-bond donors (Lipinski definition) is 2. The maximum Gasteiger partial charge on any atom is 0.355 e. The van der Waals surface area contributed by atoms with Gasteiger partial charge in [-0.1, -0.05) is 19.1 Å². The predicted octanol–water partition coefficient (Wildman–Crippen LogP) is 2.22. The van der Waals surface area contributed by atoms with E-state index in [9.17, 15) is 25.0 Å². The van der Waals surface area contributed by atoms with Gasteiger partial charge in [0.05, 0.1) is 16.3 Å². The summed E-state index contributed by atoms with van der Waals surface area (Å²) < 4.78 is 0. The van der Waals surface area contributed by atoms with Crippen molar-refractivity contribution in [1.29, 1.82) is 0 Å². The second kappa shape index (κ2) is 9.11. The topological polar surface area (TPSA) is 156 Å². The molecule has 0 bridgehead atoms. The van der Waals surface area contributed by atoms with Crippen molar-refractivity contribution in [3.05, 3.63) is 56.4 Å². The van der Waals surface area contributed by atoms with Crippen LogP contribution in [0.1, 0.15) is 25.3 Å². The molecule has 12 nitrogen and oxygen atoms in total. The third-order valence-electron chi connectivity index (χ3n) is 4.90. The van der Waals surface area contributed by atoms with Crippen molar-refractivity contribution in [3.63, 3.8) is 0 Å². The number of nitrogens with zero attached hydrogens (tertiary/aromatic N) is 5. The van der Waals surface area contributed by atoms with Gasteiger partial charge in [-0.05, 0) is 24.3 Å². The summed E-state index contributed by atoms with van der Waals surface area (Å²) in [6.45, 7) is 3.45. The molecule has 12 heteroatoms. The number of hydrogen-bond acceptors (Lipinski definition) is 9. The van der Waals surface area contributed by atoms with E-state index in [1.54, 1.807) is 0 Å². The molecule has 3 rings (SSSR count). The van der Waals surface area contributed by atoms with Gasteiger partial charge in [0.2, 0.25) is 17.5 Å². The smallest absolute Gasteiger partial charge is 0.351 e. The molecule has 0 spiro atoms. The summed E-state index contributed by atoms with van der Waals surface area (Å²) in [4.78, 5) is 43.3. The van der Waals surface area contributed by atoms with Gasteiger partial charge in [-0.2, -0.15) is 0 Å². The van der Waals surface area contributed by atoms with Gasteiger partial charge in [-0.25, -0.2) is 9.97 Å². The Kier molecular flexibility index (Phi) is 6.35. The van der Waals surface area contributed by atoms with Crippen molar-refractivity contribution >= 4 is 28.9 Å². The zero-order chi connectivity index (χ0) is 21.7. The Balaban J connectivity index is 1.68. The zero-order valence-corrected chi connectivity index (χ0v) is 16.3. The molecule has 2 N–H and O–H groups in total. The van der Waals surface area contributed by atoms with Gasteiger partial charge in [0.15, 0.2) is 0 Å². The summed E-state index contributed by atoms with van der Waals surface area (Å²) in [5.74, 6) is 0.179. The number of piperidine rings is 1. The molecule has 1 fully saturated rings. The molecule has 158 valence electrons. The van der Waals surface area contributed by atoms with Crippen molar-refractivity contribution < 1.29 is 14.6 Å². The van der Waals surface area contributed by atoms with Gasteiger partial charge in [-0.15, -0.1) is 0 Å². The maximum atomic E-state index is 12.2. The second-order valence-electron chi connectivity index (χ2n) is 7.09. The highest BCUT2D eigenvalue weighted by Crippen LogP contribution is 2.33. The molecule has 0 radical (unpaired) electrons. The van der Waals surface area contributed by atoms with E-state index in [1.807, 2.05) is 4.90 Å². The van der Waals surface area contributed by atoms with Crippen molar-refractivity contribution in [2.24, 2.45) is 5.92 Å². The fourth-order valence-corrected chi connectivity index (χ4v) is 3.17. The Hall–Kier alpha value is -3.83. The van der Waals surface area contributed by atoms with Gasteiger partial charge in [-0.3, -0.25) is 35.9 Å². The van der Waals surface area contributed by atoms with Crippen molar-refractivity contribution in [1.82, 2.24) is 15.4 Å². The SMILES string of the molecule is CC1CCN(c2ncnc(NNC(=O)Cc3ccc([N+](=O)[O-])cc3)c2[N+](=O)[O-])CC1. The number of nitro benzene ring substituents is 1. The highest BCUT2D eigenvalue weighted by Gasteiger charge is 2.29. The van der Waals surface area contributed by atoms with Crippen molar-refractivity contribution in [2.75, 3.05) is 23.4 Å². The number of benzene rings is 1. The molecule has 1 saturated heterocycles. The van der Waals surface area contributed by atoms with Crippen LogP contribution in [0.25, 0.3) is 0 Å². The Morgan fingerprint density at radius 2 is 1.80 bits per heavy atom. The Bertz CT molecular complexity index is 942. The molecular weight excluding hydrogens is 394 g/mol. The first-order chi connectivity index (χ1) is 14.3. The largest absolute Gasteiger partial charge is 0.355 e. The quantitative estimate of drug-likeness (QED) is 0.511. The Morgan fingerprint density at radius 3 is 2.40 bits per heavy atom. The molecule has 1 amide bonds. The molecule has 0 aliphatic carbocycles. The molecule has 1 aromatic heterocycles. The lowest BCUT2D eigenvalue weighted by atomic mass is 9.99. The fourth-order valence-electron chi connectivity index (χ4n) is 3.17. The van der Waals surface area contributed by atoms with E-state index >= 15 is 0 Å². The number of rotatable bonds is 7. The highest BCUT2D eigenvalue weighted by atomic mass is 16.6. The molecule has 2 heterocycles. The Labute approximate surface area is 171 Å². The van der Waals surface area contributed by atoms with Crippen LogP contribution in [0.2, 0.25) is 0 Å². The van der Waals surface area contributed by atoms with Gasteiger partial charge in [0, 0.05) is 25.2 Å². The third-order valence-corrected chi connectivity index (χ3v) is 4.90. The van der Waals surface area contributed by atoms with Gasteiger partial charge < -0.3 is 4.90 Å². The van der Waals surface area contributed by atoms with E-state index in [1.165, 1.54) is 30.6 Å². The highest BCUT2D eigenvalue weighted by molar-refractivity contribution is 5.81. The number of amides is 1.